The highest BCUT2D eigenvalue weighted by molar-refractivity contribution is 5.46. The Balaban J connectivity index is 2.42. The van der Waals surface area contributed by atoms with Gasteiger partial charge < -0.3 is 14.8 Å². The Hall–Kier alpha value is -0.900. The number of ether oxygens (including phenoxy) is 2. The molecule has 1 fully saturated rings. The van der Waals surface area contributed by atoms with Crippen LogP contribution in [0.2, 0.25) is 0 Å². The van der Waals surface area contributed by atoms with Gasteiger partial charge in [-0.3, -0.25) is 0 Å². The molecular formula is C16H25NO2. The SMILES string of the molecule is CNC1COC(C)(c2c(C)c(C)cc(C)c2C)OC1. The van der Waals surface area contributed by atoms with Gasteiger partial charge in [-0.25, -0.2) is 0 Å². The van der Waals surface area contributed by atoms with Crippen molar-refractivity contribution in [2.24, 2.45) is 0 Å². The predicted molar refractivity (Wildman–Crippen MR) is 77.5 cm³/mol. The monoisotopic (exact) mass is 263 g/mol. The van der Waals surface area contributed by atoms with Gasteiger partial charge in [0.05, 0.1) is 19.3 Å². The van der Waals surface area contributed by atoms with E-state index in [4.69, 9.17) is 9.47 Å². The topological polar surface area (TPSA) is 30.5 Å². The maximum atomic E-state index is 6.04. The van der Waals surface area contributed by atoms with Crippen LogP contribution >= 0.6 is 0 Å². The van der Waals surface area contributed by atoms with E-state index in [2.05, 4.69) is 39.1 Å². The van der Waals surface area contributed by atoms with Crippen LogP contribution < -0.4 is 5.32 Å². The second-order valence-corrected chi connectivity index (χ2v) is 5.69. The molecule has 1 aliphatic heterocycles. The average molecular weight is 263 g/mol. The van der Waals surface area contributed by atoms with Crippen molar-refractivity contribution in [2.75, 3.05) is 20.3 Å². The number of aryl methyl sites for hydroxylation is 2. The first-order valence-electron chi connectivity index (χ1n) is 6.92. The summed E-state index contributed by atoms with van der Waals surface area (Å²) in [6.07, 6.45) is 0. The summed E-state index contributed by atoms with van der Waals surface area (Å²) >= 11 is 0. The van der Waals surface area contributed by atoms with Crippen LogP contribution in [0.1, 0.15) is 34.7 Å². The van der Waals surface area contributed by atoms with E-state index in [1.807, 2.05) is 14.0 Å². The van der Waals surface area contributed by atoms with Crippen molar-refractivity contribution < 1.29 is 9.47 Å². The molecular weight excluding hydrogens is 238 g/mol. The van der Waals surface area contributed by atoms with Crippen LogP contribution in [0, 0.1) is 27.7 Å². The molecule has 0 aromatic heterocycles. The van der Waals surface area contributed by atoms with E-state index in [9.17, 15) is 0 Å². The first kappa shape index (κ1) is 14.5. The molecule has 3 heteroatoms. The normalized spacial score (nSPS) is 27.6. The minimum absolute atomic E-state index is 0.277. The third-order valence-electron chi connectivity index (χ3n) is 4.35. The molecule has 2 rings (SSSR count). The minimum atomic E-state index is -0.627. The Kier molecular flexibility index (Phi) is 4.00. The van der Waals surface area contributed by atoms with Crippen LogP contribution in [-0.2, 0) is 15.3 Å². The minimum Gasteiger partial charge on any atom is -0.344 e. The highest BCUT2D eigenvalue weighted by Gasteiger charge is 2.37. The Bertz CT molecular complexity index is 448. The lowest BCUT2D eigenvalue weighted by molar-refractivity contribution is -0.273. The van der Waals surface area contributed by atoms with Gasteiger partial charge in [-0.05, 0) is 63.9 Å². The quantitative estimate of drug-likeness (QED) is 0.890. The molecule has 0 spiro atoms. The zero-order valence-corrected chi connectivity index (χ0v) is 12.9. The van der Waals surface area contributed by atoms with E-state index in [1.54, 1.807) is 0 Å². The lowest BCUT2D eigenvalue weighted by atomic mass is 9.89. The van der Waals surface area contributed by atoms with E-state index < -0.39 is 5.79 Å². The number of nitrogens with one attached hydrogen (secondary N) is 1. The summed E-state index contributed by atoms with van der Waals surface area (Å²) in [6, 6.07) is 2.51. The van der Waals surface area contributed by atoms with Crippen molar-refractivity contribution in [2.45, 2.75) is 46.4 Å². The highest BCUT2D eigenvalue weighted by Crippen LogP contribution is 2.37. The first-order chi connectivity index (χ1) is 8.89. The van der Waals surface area contributed by atoms with Crippen LogP contribution in [-0.4, -0.2) is 26.3 Å². The van der Waals surface area contributed by atoms with Gasteiger partial charge in [0, 0.05) is 5.56 Å². The molecule has 19 heavy (non-hydrogen) atoms. The summed E-state index contributed by atoms with van der Waals surface area (Å²) < 4.78 is 12.1. The molecule has 1 aromatic carbocycles. The highest BCUT2D eigenvalue weighted by atomic mass is 16.7. The van der Waals surface area contributed by atoms with E-state index >= 15 is 0 Å². The third-order valence-corrected chi connectivity index (χ3v) is 4.35. The summed E-state index contributed by atoms with van der Waals surface area (Å²) in [5.41, 5.74) is 6.33. The lowest BCUT2D eigenvalue weighted by Crippen LogP contribution is -2.48. The number of hydrogen-bond acceptors (Lipinski definition) is 3. The van der Waals surface area contributed by atoms with Crippen molar-refractivity contribution in [1.82, 2.24) is 5.32 Å². The fourth-order valence-corrected chi connectivity index (χ4v) is 2.82. The van der Waals surface area contributed by atoms with E-state index in [-0.39, 0.29) is 6.04 Å². The van der Waals surface area contributed by atoms with Crippen molar-refractivity contribution in [3.63, 3.8) is 0 Å². The molecule has 1 aromatic rings. The van der Waals surface area contributed by atoms with Gasteiger partial charge in [-0.2, -0.15) is 0 Å². The van der Waals surface area contributed by atoms with Crippen LogP contribution in [0.4, 0.5) is 0 Å². The van der Waals surface area contributed by atoms with Gasteiger partial charge in [0.25, 0.3) is 0 Å². The maximum Gasteiger partial charge on any atom is 0.192 e. The number of benzene rings is 1. The predicted octanol–water partition coefficient (Wildman–Crippen LogP) is 2.73. The average Bonchev–Trinajstić information content (AvgIpc) is 2.37. The van der Waals surface area contributed by atoms with Crippen molar-refractivity contribution in [3.8, 4) is 0 Å². The molecule has 1 aliphatic rings. The van der Waals surface area contributed by atoms with E-state index in [1.165, 1.54) is 27.8 Å². The molecule has 1 N–H and O–H groups in total. The molecule has 1 saturated heterocycles. The standard InChI is InChI=1S/C16H25NO2/c1-10-7-11(2)13(4)15(12(10)3)16(5)18-8-14(17-6)9-19-16/h7,14,17H,8-9H2,1-6H3. The third kappa shape index (κ3) is 2.55. The molecule has 0 atom stereocenters. The largest absolute Gasteiger partial charge is 0.344 e. The summed E-state index contributed by atoms with van der Waals surface area (Å²) in [6.45, 7) is 12.0. The Morgan fingerprint density at radius 3 is 1.95 bits per heavy atom. The Labute approximate surface area is 116 Å². The first-order valence-corrected chi connectivity index (χ1v) is 6.92. The maximum absolute atomic E-state index is 6.04. The van der Waals surface area contributed by atoms with Crippen LogP contribution in [0.15, 0.2) is 6.07 Å². The zero-order chi connectivity index (χ0) is 14.2. The van der Waals surface area contributed by atoms with Crippen LogP contribution in [0.3, 0.4) is 0 Å². The molecule has 3 nitrogen and oxygen atoms in total. The zero-order valence-electron chi connectivity index (χ0n) is 12.9. The van der Waals surface area contributed by atoms with Crippen LogP contribution in [0.5, 0.6) is 0 Å². The summed E-state index contributed by atoms with van der Waals surface area (Å²) in [4.78, 5) is 0. The van der Waals surface area contributed by atoms with E-state index in [0.717, 1.165) is 0 Å². The van der Waals surface area contributed by atoms with Crippen LogP contribution in [0.25, 0.3) is 0 Å². The van der Waals surface area contributed by atoms with Gasteiger partial charge in [0.2, 0.25) is 0 Å². The molecule has 0 saturated carbocycles. The molecule has 0 aliphatic carbocycles. The second kappa shape index (κ2) is 5.23. The van der Waals surface area contributed by atoms with Gasteiger partial charge in [0.15, 0.2) is 5.79 Å². The Morgan fingerprint density at radius 2 is 1.53 bits per heavy atom. The van der Waals surface area contributed by atoms with Gasteiger partial charge in [0.1, 0.15) is 0 Å². The Morgan fingerprint density at radius 1 is 1.05 bits per heavy atom. The fourth-order valence-electron chi connectivity index (χ4n) is 2.82. The molecule has 0 bridgehead atoms. The van der Waals surface area contributed by atoms with Gasteiger partial charge in [-0.1, -0.05) is 6.07 Å². The van der Waals surface area contributed by atoms with Crippen molar-refractivity contribution in [3.05, 3.63) is 33.9 Å². The number of rotatable bonds is 2. The van der Waals surface area contributed by atoms with Gasteiger partial charge in [-0.15, -0.1) is 0 Å². The van der Waals surface area contributed by atoms with Gasteiger partial charge >= 0.3 is 0 Å². The molecule has 0 unspecified atom stereocenters. The molecule has 0 amide bonds. The number of likely N-dealkylation sites (N-methyl/N-ethyl adjacent to an activating group) is 1. The molecule has 1 heterocycles. The van der Waals surface area contributed by atoms with Crippen molar-refractivity contribution >= 4 is 0 Å². The molecule has 0 radical (unpaired) electrons. The number of hydrogen-bond donors (Lipinski definition) is 1. The second-order valence-electron chi connectivity index (χ2n) is 5.69. The summed E-state index contributed by atoms with van der Waals surface area (Å²) in [5.74, 6) is -0.627. The fraction of sp³-hybridized carbons (Fsp3) is 0.625. The smallest absolute Gasteiger partial charge is 0.192 e. The summed E-state index contributed by atoms with van der Waals surface area (Å²) in [5, 5.41) is 3.20. The van der Waals surface area contributed by atoms with Crippen molar-refractivity contribution in [1.29, 1.82) is 0 Å². The summed E-state index contributed by atoms with van der Waals surface area (Å²) in [7, 11) is 1.94. The van der Waals surface area contributed by atoms with E-state index in [0.29, 0.717) is 13.2 Å². The molecule has 106 valence electrons. The lowest BCUT2D eigenvalue weighted by Gasteiger charge is -2.40.